The largest absolute Gasteiger partial charge is 0.310 e. The van der Waals surface area contributed by atoms with Gasteiger partial charge >= 0.3 is 0 Å². The van der Waals surface area contributed by atoms with Crippen molar-refractivity contribution in [3.8, 4) is 0 Å². The summed E-state index contributed by atoms with van der Waals surface area (Å²) in [6.07, 6.45) is 0. The summed E-state index contributed by atoms with van der Waals surface area (Å²) in [6.45, 7) is 0. The SMILES string of the molecule is c1ccc2c(c1)ccc1c3cc(N(c4ccc5sc6ccccc6c5c4)c4ccc5sc6ccccc6c5c4)ccc3sc21. The van der Waals surface area contributed by atoms with Crippen molar-refractivity contribution >= 4 is 122 Å². The zero-order valence-corrected chi connectivity index (χ0v) is 25.9. The monoisotopic (exact) mass is 613 g/mol. The third-order valence-corrected chi connectivity index (χ3v) is 12.4. The second-order valence-electron chi connectivity index (χ2n) is 11.3. The summed E-state index contributed by atoms with van der Waals surface area (Å²) in [7, 11) is 0. The van der Waals surface area contributed by atoms with Gasteiger partial charge < -0.3 is 4.90 Å². The second-order valence-corrected chi connectivity index (χ2v) is 14.6. The van der Waals surface area contributed by atoms with E-state index in [0.29, 0.717) is 0 Å². The zero-order chi connectivity index (χ0) is 28.8. The Hall–Kier alpha value is -4.74. The van der Waals surface area contributed by atoms with E-state index in [4.69, 9.17) is 0 Å². The molecule has 0 radical (unpaired) electrons. The van der Waals surface area contributed by atoms with Crippen LogP contribution in [0.25, 0.3) is 71.3 Å². The van der Waals surface area contributed by atoms with E-state index in [0.717, 1.165) is 0 Å². The molecule has 0 aliphatic carbocycles. The number of anilines is 3. The van der Waals surface area contributed by atoms with Crippen LogP contribution in [0.15, 0.2) is 140 Å². The number of hydrogen-bond donors (Lipinski definition) is 0. The number of fused-ring (bicyclic) bond motifs is 11. The summed E-state index contributed by atoms with van der Waals surface area (Å²) in [4.78, 5) is 2.45. The first-order valence-corrected chi connectivity index (χ1v) is 17.2. The van der Waals surface area contributed by atoms with Gasteiger partial charge in [-0.15, -0.1) is 34.0 Å². The minimum absolute atomic E-state index is 1.17. The molecule has 4 heteroatoms. The van der Waals surface area contributed by atoms with Crippen LogP contribution in [0.4, 0.5) is 17.1 Å². The highest BCUT2D eigenvalue weighted by atomic mass is 32.1. The van der Waals surface area contributed by atoms with Crippen molar-refractivity contribution in [3.05, 3.63) is 140 Å². The fraction of sp³-hybridized carbons (Fsp3) is 0. The fourth-order valence-corrected chi connectivity index (χ4v) is 10.2. The molecule has 44 heavy (non-hydrogen) atoms. The first kappa shape index (κ1) is 24.7. The average molecular weight is 614 g/mol. The molecule has 0 bridgehead atoms. The minimum Gasteiger partial charge on any atom is -0.310 e. The summed E-state index contributed by atoms with van der Waals surface area (Å²) in [5.74, 6) is 0. The van der Waals surface area contributed by atoms with E-state index < -0.39 is 0 Å². The molecule has 3 heterocycles. The topological polar surface area (TPSA) is 3.24 Å². The van der Waals surface area contributed by atoms with Crippen LogP contribution in [-0.4, -0.2) is 0 Å². The Balaban J connectivity index is 1.24. The van der Waals surface area contributed by atoms with Gasteiger partial charge in [-0.1, -0.05) is 72.8 Å². The molecule has 1 nitrogen and oxygen atoms in total. The molecular weight excluding hydrogens is 591 g/mol. The van der Waals surface area contributed by atoms with E-state index in [9.17, 15) is 0 Å². The molecule has 7 aromatic carbocycles. The second kappa shape index (κ2) is 9.38. The third kappa shape index (κ3) is 3.62. The summed E-state index contributed by atoms with van der Waals surface area (Å²) in [6, 6.07) is 51.8. The quantitative estimate of drug-likeness (QED) is 0.192. The number of thiophene rings is 3. The van der Waals surface area contributed by atoms with Crippen LogP contribution in [0, 0.1) is 0 Å². The molecule has 0 saturated carbocycles. The predicted octanol–water partition coefficient (Wildman–Crippen LogP) is 13.4. The molecule has 206 valence electrons. The number of benzene rings is 7. The highest BCUT2D eigenvalue weighted by Gasteiger charge is 2.18. The van der Waals surface area contributed by atoms with E-state index >= 15 is 0 Å². The molecule has 0 aliphatic heterocycles. The van der Waals surface area contributed by atoms with Gasteiger partial charge in [-0.2, -0.15) is 0 Å². The Morgan fingerprint density at radius 1 is 0.318 bits per heavy atom. The van der Waals surface area contributed by atoms with E-state index in [1.54, 1.807) is 0 Å². The Kier molecular flexibility index (Phi) is 5.26. The van der Waals surface area contributed by atoms with Crippen LogP contribution < -0.4 is 4.90 Å². The van der Waals surface area contributed by atoms with Crippen molar-refractivity contribution in [2.75, 3.05) is 4.90 Å². The van der Waals surface area contributed by atoms with Gasteiger partial charge in [-0.05, 0) is 77.5 Å². The first-order chi connectivity index (χ1) is 21.8. The number of nitrogens with zero attached hydrogens (tertiary/aromatic N) is 1. The van der Waals surface area contributed by atoms with E-state index in [-0.39, 0.29) is 0 Å². The van der Waals surface area contributed by atoms with Gasteiger partial charge in [0.05, 0.1) is 0 Å². The molecule has 0 unspecified atom stereocenters. The standard InChI is InChI=1S/C40H23NS3/c1-2-8-28-24(7-1)13-17-31-34-23-27(16-20-39(34)44-40(28)31)41(25-14-18-37-32(21-25)29-9-3-5-11-35(29)42-37)26-15-19-38-33(22-26)30-10-4-6-12-36(30)43-38/h1-23H. The predicted molar refractivity (Wildman–Crippen MR) is 197 cm³/mol. The number of rotatable bonds is 3. The summed E-state index contributed by atoms with van der Waals surface area (Å²) in [5, 5.41) is 10.5. The van der Waals surface area contributed by atoms with Gasteiger partial charge in [0.15, 0.2) is 0 Å². The molecule has 0 spiro atoms. The van der Waals surface area contributed by atoms with Gasteiger partial charge in [0.1, 0.15) is 0 Å². The summed E-state index contributed by atoms with van der Waals surface area (Å²) >= 11 is 5.63. The fourth-order valence-electron chi connectivity index (χ4n) is 6.79. The van der Waals surface area contributed by atoms with Crippen LogP contribution >= 0.6 is 34.0 Å². The van der Waals surface area contributed by atoms with E-state index in [1.165, 1.54) is 88.4 Å². The maximum Gasteiger partial charge on any atom is 0.0468 e. The lowest BCUT2D eigenvalue weighted by molar-refractivity contribution is 1.30. The molecule has 0 atom stereocenters. The van der Waals surface area contributed by atoms with Crippen LogP contribution in [-0.2, 0) is 0 Å². The highest BCUT2D eigenvalue weighted by molar-refractivity contribution is 7.27. The molecule has 0 N–H and O–H groups in total. The van der Waals surface area contributed by atoms with E-state index in [2.05, 4.69) is 144 Å². The lowest BCUT2D eigenvalue weighted by Gasteiger charge is -2.26. The minimum atomic E-state index is 1.17. The van der Waals surface area contributed by atoms with Gasteiger partial charge in [0.2, 0.25) is 0 Å². The van der Waals surface area contributed by atoms with Gasteiger partial charge in [-0.25, -0.2) is 0 Å². The van der Waals surface area contributed by atoms with Crippen molar-refractivity contribution in [1.29, 1.82) is 0 Å². The van der Waals surface area contributed by atoms with E-state index in [1.807, 2.05) is 34.0 Å². The molecule has 10 aromatic rings. The molecule has 0 saturated heterocycles. The Morgan fingerprint density at radius 2 is 0.773 bits per heavy atom. The molecule has 10 rings (SSSR count). The lowest BCUT2D eigenvalue weighted by atomic mass is 10.0. The smallest absolute Gasteiger partial charge is 0.0468 e. The maximum absolute atomic E-state index is 2.45. The molecule has 0 fully saturated rings. The maximum atomic E-state index is 2.45. The molecule has 3 aromatic heterocycles. The zero-order valence-electron chi connectivity index (χ0n) is 23.5. The van der Waals surface area contributed by atoms with Crippen molar-refractivity contribution in [3.63, 3.8) is 0 Å². The first-order valence-electron chi connectivity index (χ1n) is 14.8. The van der Waals surface area contributed by atoms with Crippen LogP contribution in [0.1, 0.15) is 0 Å². The Bertz CT molecular complexity index is 2630. The molecular formula is C40H23NS3. The molecule has 0 aliphatic rings. The molecule has 0 amide bonds. The van der Waals surface area contributed by atoms with Crippen molar-refractivity contribution in [1.82, 2.24) is 0 Å². The average Bonchev–Trinajstić information content (AvgIpc) is 3.76. The van der Waals surface area contributed by atoms with Gasteiger partial charge in [0, 0.05) is 77.6 Å². The third-order valence-electron chi connectivity index (χ3n) is 8.84. The van der Waals surface area contributed by atoms with Crippen molar-refractivity contribution in [2.45, 2.75) is 0 Å². The van der Waals surface area contributed by atoms with Crippen LogP contribution in [0.2, 0.25) is 0 Å². The Labute approximate surface area is 265 Å². The number of hydrogen-bond acceptors (Lipinski definition) is 4. The van der Waals surface area contributed by atoms with Gasteiger partial charge in [-0.3, -0.25) is 0 Å². The lowest BCUT2D eigenvalue weighted by Crippen LogP contribution is -2.09. The van der Waals surface area contributed by atoms with Crippen molar-refractivity contribution < 1.29 is 0 Å². The Morgan fingerprint density at radius 3 is 1.36 bits per heavy atom. The van der Waals surface area contributed by atoms with Crippen LogP contribution in [0.3, 0.4) is 0 Å². The summed E-state index contributed by atoms with van der Waals surface area (Å²) < 4.78 is 7.98. The highest BCUT2D eigenvalue weighted by Crippen LogP contribution is 2.45. The van der Waals surface area contributed by atoms with Crippen molar-refractivity contribution in [2.24, 2.45) is 0 Å². The van der Waals surface area contributed by atoms with Gasteiger partial charge in [0.25, 0.3) is 0 Å². The van der Waals surface area contributed by atoms with Crippen LogP contribution in [0.5, 0.6) is 0 Å². The normalized spacial score (nSPS) is 12.1. The summed E-state index contributed by atoms with van der Waals surface area (Å²) in [5.41, 5.74) is 3.51.